The number of nitrogens with two attached hydrogens (primary N) is 1. The molecule has 0 spiro atoms. The van der Waals surface area contributed by atoms with Crippen LogP contribution in [0.1, 0.15) is 27.7 Å². The Labute approximate surface area is 76.5 Å². The number of rotatable bonds is 2. The van der Waals surface area contributed by atoms with Crippen molar-refractivity contribution < 1.29 is 0 Å². The maximum Gasteiger partial charge on any atom is 0.0195 e. The summed E-state index contributed by atoms with van der Waals surface area (Å²) in [4.78, 5) is 0. The van der Waals surface area contributed by atoms with E-state index in [0.29, 0.717) is 0 Å². The molecule has 0 amide bonds. The number of alkyl halides is 1. The third-order valence-corrected chi connectivity index (χ3v) is 0.500. The minimum atomic E-state index is 0.722. The van der Waals surface area contributed by atoms with E-state index in [1.807, 2.05) is 13.8 Å². The molecule has 0 aromatic carbocycles. The van der Waals surface area contributed by atoms with Crippen LogP contribution in [0.4, 0.5) is 0 Å². The lowest BCUT2D eigenvalue weighted by Gasteiger charge is -1.86. The van der Waals surface area contributed by atoms with Gasteiger partial charge >= 0.3 is 0 Å². The number of halogens is 1. The number of hydrogen-bond donors (Lipinski definition) is 2. The van der Waals surface area contributed by atoms with Crippen molar-refractivity contribution >= 4 is 11.6 Å². The first-order chi connectivity index (χ1) is 5.24. The normalized spacial score (nSPS) is 7.09. The molecule has 0 unspecified atom stereocenters. The van der Waals surface area contributed by atoms with E-state index < -0.39 is 0 Å². The second-order valence-electron chi connectivity index (χ2n) is 1.63. The Hall–Kier alpha value is 0.210. The van der Waals surface area contributed by atoms with Crippen molar-refractivity contribution in [2.24, 2.45) is 5.73 Å². The molecule has 0 heterocycles. The van der Waals surface area contributed by atoms with Gasteiger partial charge in [-0.15, -0.1) is 11.6 Å². The molecule has 0 aliphatic carbocycles. The summed E-state index contributed by atoms with van der Waals surface area (Å²) in [5.74, 6) is 0.722. The molecule has 0 atom stereocenters. The van der Waals surface area contributed by atoms with Crippen LogP contribution in [0.3, 0.4) is 0 Å². The molecule has 3 N–H and O–H groups in total. The van der Waals surface area contributed by atoms with E-state index in [0.717, 1.165) is 25.5 Å². The van der Waals surface area contributed by atoms with E-state index in [9.17, 15) is 0 Å². The summed E-state index contributed by atoms with van der Waals surface area (Å²) < 4.78 is 0. The topological polar surface area (TPSA) is 38.0 Å². The Morgan fingerprint density at radius 1 is 1.09 bits per heavy atom. The molecule has 11 heavy (non-hydrogen) atoms. The SMILES string of the molecule is CCCl.CCN.CCNCC. The zero-order valence-electron chi connectivity index (χ0n) is 8.28. The van der Waals surface area contributed by atoms with Gasteiger partial charge in [-0.05, 0) is 19.6 Å². The predicted octanol–water partition coefficient (Wildman–Crippen LogP) is 1.83. The van der Waals surface area contributed by atoms with Gasteiger partial charge in [0, 0.05) is 5.88 Å². The Morgan fingerprint density at radius 3 is 1.27 bits per heavy atom. The second-order valence-corrected chi connectivity index (χ2v) is 2.17. The lowest BCUT2D eigenvalue weighted by Crippen LogP contribution is -2.09. The average molecular weight is 183 g/mol. The lowest BCUT2D eigenvalue weighted by molar-refractivity contribution is 0.762. The molecule has 3 heteroatoms. The molecule has 0 aliphatic heterocycles. The number of nitrogens with one attached hydrogen (secondary N) is 1. The highest BCUT2D eigenvalue weighted by Gasteiger charge is 1.62. The zero-order chi connectivity index (χ0) is 9.54. The Bertz CT molecular complexity index is 31.3. The molecule has 0 radical (unpaired) electrons. The molecule has 72 valence electrons. The van der Waals surface area contributed by atoms with Crippen LogP contribution >= 0.6 is 11.6 Å². The Balaban J connectivity index is -0.0000000933. The molecular weight excluding hydrogens is 160 g/mol. The zero-order valence-corrected chi connectivity index (χ0v) is 9.04. The summed E-state index contributed by atoms with van der Waals surface area (Å²) >= 11 is 5.00. The molecule has 0 saturated heterocycles. The minimum Gasteiger partial charge on any atom is -0.331 e. The van der Waals surface area contributed by atoms with Crippen LogP contribution in [0.5, 0.6) is 0 Å². The van der Waals surface area contributed by atoms with Gasteiger partial charge < -0.3 is 11.1 Å². The van der Waals surface area contributed by atoms with Crippen LogP contribution in [0.15, 0.2) is 0 Å². The monoisotopic (exact) mass is 182 g/mol. The van der Waals surface area contributed by atoms with Gasteiger partial charge in [0.2, 0.25) is 0 Å². The van der Waals surface area contributed by atoms with E-state index in [1.165, 1.54) is 0 Å². The highest BCUT2D eigenvalue weighted by atomic mass is 35.5. The molecule has 0 fully saturated rings. The summed E-state index contributed by atoms with van der Waals surface area (Å²) in [6.07, 6.45) is 0. The van der Waals surface area contributed by atoms with Gasteiger partial charge in [-0.1, -0.05) is 27.7 Å². The van der Waals surface area contributed by atoms with Crippen molar-refractivity contribution in [2.75, 3.05) is 25.5 Å². The van der Waals surface area contributed by atoms with E-state index >= 15 is 0 Å². The van der Waals surface area contributed by atoms with E-state index in [2.05, 4.69) is 19.2 Å². The van der Waals surface area contributed by atoms with Crippen LogP contribution < -0.4 is 11.1 Å². The van der Waals surface area contributed by atoms with Gasteiger partial charge in [0.05, 0.1) is 0 Å². The van der Waals surface area contributed by atoms with Gasteiger partial charge in [0.1, 0.15) is 0 Å². The maximum atomic E-state index is 5.00. The first-order valence-electron chi connectivity index (χ1n) is 4.21. The summed E-state index contributed by atoms with van der Waals surface area (Å²) in [7, 11) is 0. The van der Waals surface area contributed by atoms with Gasteiger partial charge in [0.15, 0.2) is 0 Å². The van der Waals surface area contributed by atoms with E-state index in [-0.39, 0.29) is 0 Å². The fourth-order valence-corrected chi connectivity index (χ4v) is 0.250. The highest BCUT2D eigenvalue weighted by Crippen LogP contribution is 1.59. The van der Waals surface area contributed by atoms with Crippen molar-refractivity contribution in [3.8, 4) is 0 Å². The molecule has 0 rings (SSSR count). The highest BCUT2D eigenvalue weighted by molar-refractivity contribution is 6.17. The van der Waals surface area contributed by atoms with Gasteiger partial charge in [0.25, 0.3) is 0 Å². The van der Waals surface area contributed by atoms with Crippen molar-refractivity contribution in [2.45, 2.75) is 27.7 Å². The Morgan fingerprint density at radius 2 is 1.27 bits per heavy atom. The number of hydrogen-bond acceptors (Lipinski definition) is 2. The summed E-state index contributed by atoms with van der Waals surface area (Å²) in [6, 6.07) is 0. The van der Waals surface area contributed by atoms with Crippen LogP contribution in [-0.2, 0) is 0 Å². The van der Waals surface area contributed by atoms with Crippen LogP contribution in [0, 0.1) is 0 Å². The third kappa shape index (κ3) is 141. The van der Waals surface area contributed by atoms with Crippen molar-refractivity contribution in [1.29, 1.82) is 0 Å². The van der Waals surface area contributed by atoms with Crippen LogP contribution in [-0.4, -0.2) is 25.5 Å². The Kier molecular flexibility index (Phi) is 50.3. The molecule has 0 saturated carbocycles. The quantitative estimate of drug-likeness (QED) is 0.640. The molecule has 2 nitrogen and oxygen atoms in total. The summed E-state index contributed by atoms with van der Waals surface area (Å²) in [5.41, 5.74) is 4.85. The molecule has 0 aromatic rings. The van der Waals surface area contributed by atoms with Gasteiger partial charge in [-0.25, -0.2) is 0 Å². The van der Waals surface area contributed by atoms with E-state index in [4.69, 9.17) is 17.3 Å². The molecule has 0 aromatic heterocycles. The fraction of sp³-hybridized carbons (Fsp3) is 1.00. The predicted molar refractivity (Wildman–Crippen MR) is 55.3 cm³/mol. The standard InChI is InChI=1S/C4H11N.C2H5Cl.C2H7N/c1-3-5-4-2;2*1-2-3/h5H,3-4H2,1-2H3;2H2,1H3;2-3H2,1H3. The molecule has 0 aliphatic rings. The smallest absolute Gasteiger partial charge is 0.0195 e. The van der Waals surface area contributed by atoms with Crippen LogP contribution in [0.2, 0.25) is 0 Å². The van der Waals surface area contributed by atoms with E-state index in [1.54, 1.807) is 0 Å². The summed E-state index contributed by atoms with van der Waals surface area (Å²) in [5, 5.41) is 3.11. The largest absolute Gasteiger partial charge is 0.331 e. The average Bonchev–Trinajstić information content (AvgIpc) is 1.92. The summed E-state index contributed by atoms with van der Waals surface area (Å²) in [6.45, 7) is 10.9. The lowest BCUT2D eigenvalue weighted by atomic mass is 10.7. The van der Waals surface area contributed by atoms with Crippen LogP contribution in [0.25, 0.3) is 0 Å². The van der Waals surface area contributed by atoms with Crippen molar-refractivity contribution in [3.63, 3.8) is 0 Å². The molecule has 0 bridgehead atoms. The van der Waals surface area contributed by atoms with Gasteiger partial charge in [-0.3, -0.25) is 0 Å². The first-order valence-corrected chi connectivity index (χ1v) is 4.75. The third-order valence-electron chi connectivity index (χ3n) is 0.500. The van der Waals surface area contributed by atoms with Gasteiger partial charge in [-0.2, -0.15) is 0 Å². The molecular formula is C8H23ClN2. The first kappa shape index (κ1) is 17.3. The minimum absolute atomic E-state index is 0.722. The second kappa shape index (κ2) is 31.9. The van der Waals surface area contributed by atoms with Crippen molar-refractivity contribution in [3.05, 3.63) is 0 Å². The maximum absolute atomic E-state index is 5.00. The fourth-order valence-electron chi connectivity index (χ4n) is 0.250. The van der Waals surface area contributed by atoms with Crippen molar-refractivity contribution in [1.82, 2.24) is 5.32 Å².